The van der Waals surface area contributed by atoms with E-state index in [0.717, 1.165) is 0 Å². The Kier molecular flexibility index (Phi) is 4.33. The minimum absolute atomic E-state index is 0.0773. The molecule has 3 nitrogen and oxygen atoms in total. The second kappa shape index (κ2) is 5.53. The highest BCUT2D eigenvalue weighted by molar-refractivity contribution is 9.08. The number of nitriles is 2. The number of rotatable bonds is 3. The summed E-state index contributed by atoms with van der Waals surface area (Å²) in [5.41, 5.74) is 0.167. The number of alkyl halides is 3. The number of aromatic nitrogens is 1. The minimum atomic E-state index is -2.81. The highest BCUT2D eigenvalue weighted by Crippen LogP contribution is 2.26. The van der Waals surface area contributed by atoms with Crippen molar-refractivity contribution in [3.63, 3.8) is 0 Å². The average molecular weight is 286 g/mol. The van der Waals surface area contributed by atoms with Crippen LogP contribution in [0.1, 0.15) is 28.8 Å². The van der Waals surface area contributed by atoms with Crippen LogP contribution in [0, 0.1) is 22.7 Å². The van der Waals surface area contributed by atoms with Crippen molar-refractivity contribution in [2.24, 2.45) is 0 Å². The van der Waals surface area contributed by atoms with Crippen LogP contribution in [0.2, 0.25) is 0 Å². The molecule has 1 aromatic rings. The van der Waals surface area contributed by atoms with E-state index in [9.17, 15) is 8.78 Å². The van der Waals surface area contributed by atoms with E-state index < -0.39 is 12.1 Å². The predicted molar refractivity (Wildman–Crippen MR) is 55.9 cm³/mol. The van der Waals surface area contributed by atoms with E-state index in [1.807, 2.05) is 6.07 Å². The van der Waals surface area contributed by atoms with Crippen molar-refractivity contribution in [2.75, 3.05) is 0 Å². The summed E-state index contributed by atoms with van der Waals surface area (Å²) in [6.07, 6.45) is -1.62. The highest BCUT2D eigenvalue weighted by atomic mass is 79.9. The van der Waals surface area contributed by atoms with Crippen LogP contribution >= 0.6 is 15.9 Å². The molecule has 0 aliphatic rings. The summed E-state index contributed by atoms with van der Waals surface area (Å²) < 4.78 is 25.1. The minimum Gasteiger partial charge on any atom is -0.254 e. The lowest BCUT2D eigenvalue weighted by atomic mass is 10.0. The van der Waals surface area contributed by atoms with Crippen molar-refractivity contribution in [3.05, 3.63) is 28.6 Å². The second-order valence-corrected chi connectivity index (χ2v) is 3.46. The van der Waals surface area contributed by atoms with Gasteiger partial charge in [-0.1, -0.05) is 15.9 Å². The molecular formula is C10H6BrF2N3. The molecule has 82 valence electrons. The summed E-state index contributed by atoms with van der Waals surface area (Å²) >= 11 is 3.16. The molecule has 6 heteroatoms. The zero-order chi connectivity index (χ0) is 12.1. The first kappa shape index (κ1) is 12.5. The zero-order valence-electron chi connectivity index (χ0n) is 8.04. The monoisotopic (exact) mass is 285 g/mol. The van der Waals surface area contributed by atoms with Crippen LogP contribution in [0.15, 0.2) is 6.20 Å². The van der Waals surface area contributed by atoms with Crippen LogP contribution in [-0.4, -0.2) is 4.98 Å². The highest BCUT2D eigenvalue weighted by Gasteiger charge is 2.20. The van der Waals surface area contributed by atoms with Crippen LogP contribution in [0.4, 0.5) is 8.78 Å². The van der Waals surface area contributed by atoms with Gasteiger partial charge in [-0.15, -0.1) is 0 Å². The van der Waals surface area contributed by atoms with Gasteiger partial charge in [-0.2, -0.15) is 10.5 Å². The third-order valence-corrected chi connectivity index (χ3v) is 2.63. The number of hydrogen-bond acceptors (Lipinski definition) is 3. The molecule has 16 heavy (non-hydrogen) atoms. The third-order valence-electron chi connectivity index (χ3n) is 2.02. The van der Waals surface area contributed by atoms with Gasteiger partial charge >= 0.3 is 0 Å². The van der Waals surface area contributed by atoms with Gasteiger partial charge in [-0.25, -0.2) is 8.78 Å². The second-order valence-electron chi connectivity index (χ2n) is 2.90. The van der Waals surface area contributed by atoms with Crippen LogP contribution in [0.5, 0.6) is 0 Å². The van der Waals surface area contributed by atoms with Crippen LogP contribution < -0.4 is 0 Å². The standard InChI is InChI=1S/C10H6BrF2N3/c11-3-6-5-16-9(10(12)13)8(4-15)7(6)1-2-14/h5,10H,1,3H2. The Morgan fingerprint density at radius 3 is 2.56 bits per heavy atom. The van der Waals surface area contributed by atoms with Crippen LogP contribution in [0.25, 0.3) is 0 Å². The average Bonchev–Trinajstić information content (AvgIpc) is 2.28. The number of hydrogen-bond donors (Lipinski definition) is 0. The molecule has 1 aromatic heterocycles. The molecular weight excluding hydrogens is 280 g/mol. The topological polar surface area (TPSA) is 60.5 Å². The molecule has 0 N–H and O–H groups in total. The van der Waals surface area contributed by atoms with Crippen LogP contribution in [0.3, 0.4) is 0 Å². The lowest BCUT2D eigenvalue weighted by Crippen LogP contribution is -2.04. The molecule has 0 atom stereocenters. The molecule has 0 aliphatic carbocycles. The summed E-state index contributed by atoms with van der Waals surface area (Å²) in [6, 6.07) is 3.55. The van der Waals surface area contributed by atoms with E-state index in [2.05, 4.69) is 20.9 Å². The largest absolute Gasteiger partial charge is 0.281 e. The zero-order valence-corrected chi connectivity index (χ0v) is 9.63. The predicted octanol–water partition coefficient (Wildman–Crippen LogP) is 2.85. The van der Waals surface area contributed by atoms with E-state index in [1.165, 1.54) is 6.20 Å². The van der Waals surface area contributed by atoms with Gasteiger partial charge < -0.3 is 0 Å². The summed E-state index contributed by atoms with van der Waals surface area (Å²) in [6.45, 7) is 0. The molecule has 0 amide bonds. The van der Waals surface area contributed by atoms with E-state index in [4.69, 9.17) is 10.5 Å². The molecule has 0 saturated carbocycles. The fourth-order valence-electron chi connectivity index (χ4n) is 1.29. The summed E-state index contributed by atoms with van der Waals surface area (Å²) in [5, 5.41) is 17.8. The Labute approximate surface area is 99.5 Å². The van der Waals surface area contributed by atoms with Gasteiger partial charge in [0.1, 0.15) is 11.8 Å². The van der Waals surface area contributed by atoms with E-state index >= 15 is 0 Å². The molecule has 0 spiro atoms. The summed E-state index contributed by atoms with van der Waals surface area (Å²) in [4.78, 5) is 3.55. The van der Waals surface area contributed by atoms with Crippen molar-refractivity contribution in [3.8, 4) is 12.1 Å². The Hall–Kier alpha value is -1.53. The van der Waals surface area contributed by atoms with E-state index in [-0.39, 0.29) is 12.0 Å². The SMILES string of the molecule is N#CCc1c(CBr)cnc(C(F)F)c1C#N. The maximum absolute atomic E-state index is 12.6. The normalized spacial score (nSPS) is 9.88. The first-order valence-corrected chi connectivity index (χ1v) is 5.39. The molecule has 0 saturated heterocycles. The fourth-order valence-corrected chi connectivity index (χ4v) is 1.77. The van der Waals surface area contributed by atoms with Crippen molar-refractivity contribution in [1.82, 2.24) is 4.98 Å². The first-order valence-electron chi connectivity index (χ1n) is 4.27. The van der Waals surface area contributed by atoms with Gasteiger partial charge in [-0.3, -0.25) is 4.98 Å². The van der Waals surface area contributed by atoms with Gasteiger partial charge in [-0.05, 0) is 11.1 Å². The maximum Gasteiger partial charge on any atom is 0.281 e. The lowest BCUT2D eigenvalue weighted by Gasteiger charge is -2.09. The van der Waals surface area contributed by atoms with Gasteiger partial charge in [0.25, 0.3) is 6.43 Å². The third kappa shape index (κ3) is 2.34. The Morgan fingerprint density at radius 1 is 1.44 bits per heavy atom. The first-order chi connectivity index (χ1) is 7.65. The van der Waals surface area contributed by atoms with Crippen molar-refractivity contribution >= 4 is 15.9 Å². The van der Waals surface area contributed by atoms with Crippen LogP contribution in [-0.2, 0) is 11.8 Å². The molecule has 0 aliphatic heterocycles. The Morgan fingerprint density at radius 2 is 2.12 bits per heavy atom. The number of pyridine rings is 1. The van der Waals surface area contributed by atoms with Gasteiger partial charge in [0.15, 0.2) is 0 Å². The van der Waals surface area contributed by atoms with Crippen molar-refractivity contribution < 1.29 is 8.78 Å². The molecule has 0 unspecified atom stereocenters. The molecule has 0 aromatic carbocycles. The van der Waals surface area contributed by atoms with E-state index in [0.29, 0.717) is 16.5 Å². The van der Waals surface area contributed by atoms with Gasteiger partial charge in [0.05, 0.1) is 18.1 Å². The summed E-state index contributed by atoms with van der Waals surface area (Å²) in [7, 11) is 0. The Balaban J connectivity index is 3.46. The quantitative estimate of drug-likeness (QED) is 0.803. The molecule has 1 heterocycles. The van der Waals surface area contributed by atoms with Crippen molar-refractivity contribution in [2.45, 2.75) is 18.2 Å². The van der Waals surface area contributed by atoms with Gasteiger partial charge in [0.2, 0.25) is 0 Å². The van der Waals surface area contributed by atoms with Gasteiger partial charge in [0, 0.05) is 11.5 Å². The Bertz CT molecular complexity index is 474. The smallest absolute Gasteiger partial charge is 0.254 e. The maximum atomic E-state index is 12.6. The molecule has 0 bridgehead atoms. The molecule has 1 rings (SSSR count). The van der Waals surface area contributed by atoms with Crippen molar-refractivity contribution in [1.29, 1.82) is 10.5 Å². The summed E-state index contributed by atoms with van der Waals surface area (Å²) in [5.74, 6) is 0. The number of halogens is 3. The number of nitrogens with zero attached hydrogens (tertiary/aromatic N) is 3. The van der Waals surface area contributed by atoms with E-state index in [1.54, 1.807) is 6.07 Å². The lowest BCUT2D eigenvalue weighted by molar-refractivity contribution is 0.145. The molecule has 0 fully saturated rings. The molecule has 0 radical (unpaired) electrons. The fraction of sp³-hybridized carbons (Fsp3) is 0.300.